The number of anilines is 1. The Morgan fingerprint density at radius 2 is 2.16 bits per heavy atom. The van der Waals surface area contributed by atoms with Crippen molar-refractivity contribution in [2.24, 2.45) is 5.41 Å². The van der Waals surface area contributed by atoms with Gasteiger partial charge in [0.1, 0.15) is 0 Å². The summed E-state index contributed by atoms with van der Waals surface area (Å²) in [6.07, 6.45) is 2.18. The van der Waals surface area contributed by atoms with Crippen LogP contribution in [0.3, 0.4) is 0 Å². The van der Waals surface area contributed by atoms with Crippen molar-refractivity contribution in [1.82, 2.24) is 10.6 Å². The molecule has 3 N–H and O–H groups in total. The van der Waals surface area contributed by atoms with Crippen LogP contribution in [0.5, 0.6) is 0 Å². The summed E-state index contributed by atoms with van der Waals surface area (Å²) >= 11 is 5.87. The summed E-state index contributed by atoms with van der Waals surface area (Å²) in [4.78, 5) is 11.8. The second-order valence-electron chi connectivity index (χ2n) is 5.38. The lowest BCUT2D eigenvalue weighted by Crippen LogP contribution is -2.43. The number of halogens is 1. The number of carbonyl (C=O) groups excluding carboxylic acids is 1. The zero-order chi connectivity index (χ0) is 13.7. The fourth-order valence-electron chi connectivity index (χ4n) is 2.24. The average molecular weight is 282 g/mol. The van der Waals surface area contributed by atoms with Crippen molar-refractivity contribution in [2.75, 3.05) is 25.0 Å². The summed E-state index contributed by atoms with van der Waals surface area (Å²) in [5.74, 6) is 0. The molecule has 0 spiro atoms. The number of hydrogen-bond donors (Lipinski definition) is 3. The Hall–Kier alpha value is -1.26. The Morgan fingerprint density at radius 1 is 1.42 bits per heavy atom. The highest BCUT2D eigenvalue weighted by atomic mass is 35.5. The number of benzene rings is 1. The van der Waals surface area contributed by atoms with Gasteiger partial charge >= 0.3 is 6.03 Å². The predicted molar refractivity (Wildman–Crippen MR) is 78.7 cm³/mol. The van der Waals surface area contributed by atoms with E-state index in [1.807, 2.05) is 12.1 Å². The molecule has 0 aliphatic carbocycles. The van der Waals surface area contributed by atoms with Crippen LogP contribution in [0.1, 0.15) is 19.8 Å². The summed E-state index contributed by atoms with van der Waals surface area (Å²) < 4.78 is 0. The largest absolute Gasteiger partial charge is 0.337 e. The van der Waals surface area contributed by atoms with Gasteiger partial charge in [-0.2, -0.15) is 0 Å². The number of urea groups is 1. The van der Waals surface area contributed by atoms with Gasteiger partial charge in [0, 0.05) is 17.3 Å². The van der Waals surface area contributed by atoms with E-state index in [4.69, 9.17) is 11.6 Å². The first kappa shape index (κ1) is 14.2. The minimum absolute atomic E-state index is 0.179. The van der Waals surface area contributed by atoms with Crippen molar-refractivity contribution in [1.29, 1.82) is 0 Å². The Balaban J connectivity index is 1.81. The third-order valence-electron chi connectivity index (χ3n) is 3.57. The van der Waals surface area contributed by atoms with Gasteiger partial charge in [0.25, 0.3) is 0 Å². The molecule has 1 aliphatic rings. The SMILES string of the molecule is CC1(CNC(=O)Nc2cccc(Cl)c2)CCNCC1. The molecule has 1 aromatic carbocycles. The number of nitrogens with one attached hydrogen (secondary N) is 3. The molecule has 2 rings (SSSR count). The van der Waals surface area contributed by atoms with E-state index in [1.54, 1.807) is 12.1 Å². The van der Waals surface area contributed by atoms with Gasteiger partial charge in [-0.25, -0.2) is 4.79 Å². The maximum atomic E-state index is 11.8. The Morgan fingerprint density at radius 3 is 2.84 bits per heavy atom. The number of carbonyl (C=O) groups is 1. The predicted octanol–water partition coefficient (Wildman–Crippen LogP) is 2.85. The lowest BCUT2D eigenvalue weighted by Gasteiger charge is -2.34. The van der Waals surface area contributed by atoms with Crippen LogP contribution in [-0.2, 0) is 0 Å². The van der Waals surface area contributed by atoms with Gasteiger partial charge in [-0.3, -0.25) is 0 Å². The summed E-state index contributed by atoms with van der Waals surface area (Å²) in [6, 6.07) is 6.96. The van der Waals surface area contributed by atoms with Gasteiger partial charge in [0.15, 0.2) is 0 Å². The molecule has 1 fully saturated rings. The molecule has 2 amide bonds. The number of rotatable bonds is 3. The van der Waals surface area contributed by atoms with Gasteiger partial charge < -0.3 is 16.0 Å². The molecular formula is C14H20ClN3O. The highest BCUT2D eigenvalue weighted by Crippen LogP contribution is 2.26. The molecule has 0 aromatic heterocycles. The highest BCUT2D eigenvalue weighted by Gasteiger charge is 2.26. The van der Waals surface area contributed by atoms with E-state index in [0.29, 0.717) is 17.3 Å². The summed E-state index contributed by atoms with van der Waals surface area (Å²) in [6.45, 7) is 4.96. The molecule has 0 bridgehead atoms. The third kappa shape index (κ3) is 4.40. The van der Waals surface area contributed by atoms with Crippen molar-refractivity contribution in [3.63, 3.8) is 0 Å². The molecule has 4 nitrogen and oxygen atoms in total. The second kappa shape index (κ2) is 6.26. The molecule has 1 saturated heterocycles. The molecule has 1 aromatic rings. The smallest absolute Gasteiger partial charge is 0.319 e. The first-order valence-corrected chi connectivity index (χ1v) is 6.96. The average Bonchev–Trinajstić information content (AvgIpc) is 2.38. The fraction of sp³-hybridized carbons (Fsp3) is 0.500. The van der Waals surface area contributed by atoms with Crippen LogP contribution < -0.4 is 16.0 Å². The summed E-state index contributed by atoms with van der Waals surface area (Å²) in [5.41, 5.74) is 0.900. The van der Waals surface area contributed by atoms with E-state index < -0.39 is 0 Å². The van der Waals surface area contributed by atoms with E-state index in [1.165, 1.54) is 0 Å². The molecule has 19 heavy (non-hydrogen) atoms. The zero-order valence-electron chi connectivity index (χ0n) is 11.1. The molecule has 1 heterocycles. The highest BCUT2D eigenvalue weighted by molar-refractivity contribution is 6.30. The van der Waals surface area contributed by atoms with E-state index >= 15 is 0 Å². The minimum Gasteiger partial charge on any atom is -0.337 e. The van der Waals surface area contributed by atoms with Crippen molar-refractivity contribution < 1.29 is 4.79 Å². The quantitative estimate of drug-likeness (QED) is 0.798. The molecule has 104 valence electrons. The molecule has 0 saturated carbocycles. The molecule has 5 heteroatoms. The molecular weight excluding hydrogens is 262 g/mol. The summed E-state index contributed by atoms with van der Waals surface area (Å²) in [5, 5.41) is 9.67. The van der Waals surface area contributed by atoms with Crippen molar-refractivity contribution in [2.45, 2.75) is 19.8 Å². The van der Waals surface area contributed by atoms with Gasteiger partial charge in [-0.1, -0.05) is 24.6 Å². The topological polar surface area (TPSA) is 53.2 Å². The van der Waals surface area contributed by atoms with Crippen LogP contribution in [-0.4, -0.2) is 25.7 Å². The number of amides is 2. The zero-order valence-corrected chi connectivity index (χ0v) is 11.9. The van der Waals surface area contributed by atoms with E-state index in [2.05, 4.69) is 22.9 Å². The Kier molecular flexibility index (Phi) is 4.66. The van der Waals surface area contributed by atoms with Gasteiger partial charge in [-0.05, 0) is 49.5 Å². The van der Waals surface area contributed by atoms with Gasteiger partial charge in [-0.15, -0.1) is 0 Å². The van der Waals surface area contributed by atoms with Gasteiger partial charge in [0.2, 0.25) is 0 Å². The second-order valence-corrected chi connectivity index (χ2v) is 5.82. The maximum absolute atomic E-state index is 11.8. The first-order valence-electron chi connectivity index (χ1n) is 6.59. The van der Waals surface area contributed by atoms with Crippen LogP contribution in [0.25, 0.3) is 0 Å². The van der Waals surface area contributed by atoms with Gasteiger partial charge in [0.05, 0.1) is 0 Å². The van der Waals surface area contributed by atoms with E-state index in [-0.39, 0.29) is 11.4 Å². The van der Waals surface area contributed by atoms with Crippen molar-refractivity contribution in [3.05, 3.63) is 29.3 Å². The fourth-order valence-corrected chi connectivity index (χ4v) is 2.43. The molecule has 0 radical (unpaired) electrons. The number of hydrogen-bond acceptors (Lipinski definition) is 2. The van der Waals surface area contributed by atoms with Crippen LogP contribution in [0.2, 0.25) is 5.02 Å². The minimum atomic E-state index is -0.179. The number of piperidine rings is 1. The Labute approximate surface area is 118 Å². The maximum Gasteiger partial charge on any atom is 0.319 e. The van der Waals surface area contributed by atoms with Crippen molar-refractivity contribution >= 4 is 23.3 Å². The molecule has 0 atom stereocenters. The van der Waals surface area contributed by atoms with Crippen LogP contribution >= 0.6 is 11.6 Å². The third-order valence-corrected chi connectivity index (χ3v) is 3.80. The lowest BCUT2D eigenvalue weighted by atomic mass is 9.81. The first-order chi connectivity index (χ1) is 9.07. The lowest BCUT2D eigenvalue weighted by molar-refractivity contribution is 0.213. The van der Waals surface area contributed by atoms with Crippen molar-refractivity contribution in [3.8, 4) is 0 Å². The van der Waals surface area contributed by atoms with Crippen LogP contribution in [0.15, 0.2) is 24.3 Å². The molecule has 0 unspecified atom stereocenters. The van der Waals surface area contributed by atoms with Crippen LogP contribution in [0.4, 0.5) is 10.5 Å². The Bertz CT molecular complexity index is 444. The summed E-state index contributed by atoms with van der Waals surface area (Å²) in [7, 11) is 0. The standard InChI is InChI=1S/C14H20ClN3O/c1-14(5-7-16-8-6-14)10-17-13(19)18-12-4-2-3-11(15)9-12/h2-4,9,16H,5-8,10H2,1H3,(H2,17,18,19). The normalized spacial score (nSPS) is 17.8. The monoisotopic (exact) mass is 281 g/mol. The van der Waals surface area contributed by atoms with Crippen LogP contribution in [0, 0.1) is 5.41 Å². The molecule has 1 aliphatic heterocycles. The van der Waals surface area contributed by atoms with E-state index in [0.717, 1.165) is 25.9 Å². The van der Waals surface area contributed by atoms with E-state index in [9.17, 15) is 4.79 Å².